The molecule has 3 aromatic rings. The monoisotopic (exact) mass is 698 g/mol. The standard InChI is InChI=1S/C41H54N4O6/c1-44-23-19-41(20-24-44,32-8-4-2-5-9-32)34-28-30(12-14-35(34)46)17-26-50-27-18-38(49)45(33-10-6-3-7-11-33)25-22-42-21-16-31-13-15-36(47)39-40(31)51-29-37(48)43-39/h2,4-5,8-9,12-15,28,33,42,46-47H,3,6-7,10-11,16-27,29H2,1H3,(H,43,48). The van der Waals surface area contributed by atoms with Crippen molar-refractivity contribution in [2.45, 2.75) is 75.7 Å². The number of rotatable bonds is 15. The molecule has 10 nitrogen and oxygen atoms in total. The molecule has 6 rings (SSSR count). The van der Waals surface area contributed by atoms with Gasteiger partial charge in [0.2, 0.25) is 5.91 Å². The molecule has 1 saturated carbocycles. The summed E-state index contributed by atoms with van der Waals surface area (Å²) >= 11 is 0. The molecule has 1 aliphatic carbocycles. The highest BCUT2D eigenvalue weighted by molar-refractivity contribution is 5.97. The largest absolute Gasteiger partial charge is 0.508 e. The van der Waals surface area contributed by atoms with Gasteiger partial charge in [0, 0.05) is 30.1 Å². The van der Waals surface area contributed by atoms with E-state index in [1.807, 2.05) is 24.3 Å². The van der Waals surface area contributed by atoms with Crippen molar-refractivity contribution >= 4 is 17.5 Å². The fourth-order valence-electron chi connectivity index (χ4n) is 8.05. The second-order valence-corrected chi connectivity index (χ2v) is 14.4. The number of aromatic hydroxyl groups is 2. The molecule has 10 heteroatoms. The van der Waals surface area contributed by atoms with E-state index in [0.717, 1.165) is 68.3 Å². The Balaban J connectivity index is 0.987. The number of nitrogens with one attached hydrogen (secondary N) is 2. The molecular formula is C41H54N4O6. The molecule has 51 heavy (non-hydrogen) atoms. The smallest absolute Gasteiger partial charge is 0.262 e. The summed E-state index contributed by atoms with van der Waals surface area (Å²) in [6, 6.07) is 20.2. The van der Waals surface area contributed by atoms with Gasteiger partial charge in [0.15, 0.2) is 12.4 Å². The van der Waals surface area contributed by atoms with Crippen LogP contribution in [-0.4, -0.2) is 97.5 Å². The van der Waals surface area contributed by atoms with Crippen LogP contribution in [0.1, 0.15) is 73.6 Å². The number of phenolic OH excluding ortho intramolecular Hbond substituents is 2. The van der Waals surface area contributed by atoms with Gasteiger partial charge in [-0.25, -0.2) is 0 Å². The highest BCUT2D eigenvalue weighted by atomic mass is 16.5. The van der Waals surface area contributed by atoms with Gasteiger partial charge >= 0.3 is 0 Å². The zero-order valence-electron chi connectivity index (χ0n) is 30.0. The summed E-state index contributed by atoms with van der Waals surface area (Å²) in [6.07, 6.45) is 9.24. The summed E-state index contributed by atoms with van der Waals surface area (Å²) in [7, 11) is 2.16. The molecule has 1 saturated heterocycles. The molecule has 0 aromatic heterocycles. The third-order valence-corrected chi connectivity index (χ3v) is 11.0. The topological polar surface area (TPSA) is 124 Å². The van der Waals surface area contributed by atoms with Crippen molar-refractivity contribution in [1.82, 2.24) is 15.1 Å². The molecule has 3 aliphatic rings. The number of anilines is 1. The van der Waals surface area contributed by atoms with E-state index in [2.05, 4.69) is 57.8 Å². The second kappa shape index (κ2) is 17.4. The van der Waals surface area contributed by atoms with Gasteiger partial charge in [-0.2, -0.15) is 0 Å². The second-order valence-electron chi connectivity index (χ2n) is 14.4. The minimum absolute atomic E-state index is 0.00497. The Bertz CT molecular complexity index is 1620. The molecular weight excluding hydrogens is 644 g/mol. The SMILES string of the molecule is CN1CCC(c2ccccc2)(c2cc(CCOCCC(=O)N(CCNCCc3ccc(O)c4c3OCC(=O)N4)C3CCCCC3)ccc2O)CC1. The number of fused-ring (bicyclic) bond motifs is 1. The number of hydrogen-bond acceptors (Lipinski definition) is 8. The van der Waals surface area contributed by atoms with Gasteiger partial charge in [-0.1, -0.05) is 67.8 Å². The average molecular weight is 699 g/mol. The first-order chi connectivity index (χ1) is 24.8. The first-order valence-electron chi connectivity index (χ1n) is 18.8. The van der Waals surface area contributed by atoms with Gasteiger partial charge in [-0.15, -0.1) is 0 Å². The predicted octanol–water partition coefficient (Wildman–Crippen LogP) is 5.38. The van der Waals surface area contributed by atoms with Gasteiger partial charge in [-0.3, -0.25) is 9.59 Å². The number of piperidine rings is 1. The van der Waals surface area contributed by atoms with Crippen molar-refractivity contribution in [3.8, 4) is 17.2 Å². The van der Waals surface area contributed by atoms with Gasteiger partial charge in [0.05, 0.1) is 19.6 Å². The normalized spacial score (nSPS) is 17.7. The van der Waals surface area contributed by atoms with Crippen LogP contribution in [0.25, 0.3) is 0 Å². The lowest BCUT2D eigenvalue weighted by atomic mass is 9.67. The van der Waals surface area contributed by atoms with Crippen LogP contribution in [0.5, 0.6) is 17.2 Å². The van der Waals surface area contributed by atoms with Crippen LogP contribution in [0.3, 0.4) is 0 Å². The number of benzene rings is 3. The first-order valence-corrected chi connectivity index (χ1v) is 18.8. The van der Waals surface area contributed by atoms with Gasteiger partial charge in [-0.05, 0) is 94.0 Å². The molecule has 2 heterocycles. The van der Waals surface area contributed by atoms with Crippen molar-refractivity contribution in [3.63, 3.8) is 0 Å². The summed E-state index contributed by atoms with van der Waals surface area (Å²) in [6.45, 7) is 4.76. The van der Waals surface area contributed by atoms with E-state index in [1.54, 1.807) is 6.07 Å². The highest BCUT2D eigenvalue weighted by Crippen LogP contribution is 2.45. The summed E-state index contributed by atoms with van der Waals surface area (Å²) in [4.78, 5) is 29.7. The lowest BCUT2D eigenvalue weighted by Gasteiger charge is -2.42. The van der Waals surface area contributed by atoms with Crippen LogP contribution in [0.4, 0.5) is 5.69 Å². The van der Waals surface area contributed by atoms with Crippen LogP contribution in [0, 0.1) is 0 Å². The van der Waals surface area contributed by atoms with Crippen molar-refractivity contribution in [1.29, 1.82) is 0 Å². The molecule has 0 spiro atoms. The zero-order chi connectivity index (χ0) is 35.6. The summed E-state index contributed by atoms with van der Waals surface area (Å²) in [5.41, 5.74) is 4.39. The summed E-state index contributed by atoms with van der Waals surface area (Å²) in [5.74, 6) is 0.722. The minimum atomic E-state index is -0.280. The van der Waals surface area contributed by atoms with Crippen molar-refractivity contribution in [2.75, 3.05) is 64.9 Å². The highest BCUT2D eigenvalue weighted by Gasteiger charge is 2.39. The first kappa shape index (κ1) is 36.7. The Morgan fingerprint density at radius 1 is 0.980 bits per heavy atom. The molecule has 0 unspecified atom stereocenters. The maximum absolute atomic E-state index is 13.5. The van der Waals surface area contributed by atoms with E-state index in [-0.39, 0.29) is 35.6 Å². The number of hydrogen-bond donors (Lipinski definition) is 4. The van der Waals surface area contributed by atoms with E-state index in [0.29, 0.717) is 69.3 Å². The third-order valence-electron chi connectivity index (χ3n) is 11.0. The Morgan fingerprint density at radius 3 is 2.53 bits per heavy atom. The molecule has 4 N–H and O–H groups in total. The fourth-order valence-corrected chi connectivity index (χ4v) is 8.05. The number of likely N-dealkylation sites (tertiary alicyclic amines) is 1. The average Bonchev–Trinajstić information content (AvgIpc) is 3.15. The summed E-state index contributed by atoms with van der Waals surface area (Å²) < 4.78 is 11.7. The molecule has 3 aromatic carbocycles. The van der Waals surface area contributed by atoms with E-state index in [1.165, 1.54) is 12.0 Å². The molecule has 0 radical (unpaired) electrons. The van der Waals surface area contributed by atoms with Crippen LogP contribution in [-0.2, 0) is 32.6 Å². The summed E-state index contributed by atoms with van der Waals surface area (Å²) in [5, 5.41) is 27.4. The minimum Gasteiger partial charge on any atom is -0.508 e. The van der Waals surface area contributed by atoms with Gasteiger partial charge in [0.1, 0.15) is 17.2 Å². The van der Waals surface area contributed by atoms with E-state index in [4.69, 9.17) is 9.47 Å². The maximum Gasteiger partial charge on any atom is 0.262 e. The van der Waals surface area contributed by atoms with Gasteiger partial charge < -0.3 is 40.1 Å². The Kier molecular flexibility index (Phi) is 12.5. The number of nitrogens with zero attached hydrogens (tertiary/aromatic N) is 2. The van der Waals surface area contributed by atoms with Crippen LogP contribution < -0.4 is 15.4 Å². The number of carbonyl (C=O) groups is 2. The number of phenols is 2. The number of ether oxygens (including phenoxy) is 2. The predicted molar refractivity (Wildman–Crippen MR) is 199 cm³/mol. The lowest BCUT2D eigenvalue weighted by Crippen LogP contribution is -2.45. The van der Waals surface area contributed by atoms with Gasteiger partial charge in [0.25, 0.3) is 5.91 Å². The van der Waals surface area contributed by atoms with E-state index >= 15 is 0 Å². The third kappa shape index (κ3) is 9.04. The maximum atomic E-state index is 13.5. The van der Waals surface area contributed by atoms with Crippen molar-refractivity contribution < 1.29 is 29.3 Å². The molecule has 274 valence electrons. The Morgan fingerprint density at radius 2 is 1.75 bits per heavy atom. The molecule has 0 bridgehead atoms. The lowest BCUT2D eigenvalue weighted by molar-refractivity contribution is -0.135. The quantitative estimate of drug-likeness (QED) is 0.123. The van der Waals surface area contributed by atoms with Crippen LogP contribution >= 0.6 is 0 Å². The van der Waals surface area contributed by atoms with Crippen LogP contribution in [0.2, 0.25) is 0 Å². The van der Waals surface area contributed by atoms with Crippen molar-refractivity contribution in [2.24, 2.45) is 0 Å². The number of amides is 2. The Labute approximate surface area is 302 Å². The molecule has 2 aliphatic heterocycles. The zero-order valence-corrected chi connectivity index (χ0v) is 30.0. The molecule has 0 atom stereocenters. The molecule has 2 amide bonds. The Hall–Kier alpha value is -4.12. The van der Waals surface area contributed by atoms with E-state index in [9.17, 15) is 19.8 Å². The van der Waals surface area contributed by atoms with Crippen LogP contribution in [0.15, 0.2) is 60.7 Å². The van der Waals surface area contributed by atoms with E-state index < -0.39 is 0 Å². The molecule has 2 fully saturated rings. The number of carbonyl (C=O) groups excluding carboxylic acids is 2. The van der Waals surface area contributed by atoms with Crippen molar-refractivity contribution in [3.05, 3.63) is 82.9 Å². The fraction of sp³-hybridized carbons (Fsp3) is 0.512.